The maximum Gasteiger partial charge on any atom is 0.214 e. The van der Waals surface area contributed by atoms with Crippen molar-refractivity contribution >= 4 is 22.7 Å². The zero-order chi connectivity index (χ0) is 17.9. The number of ether oxygens (including phenoxy) is 1. The highest BCUT2D eigenvalue weighted by molar-refractivity contribution is 7.98. The topological polar surface area (TPSA) is 65.7 Å². The molecule has 2 aromatic carbocycles. The van der Waals surface area contributed by atoms with Gasteiger partial charge in [0.15, 0.2) is 0 Å². The number of hydrogen-bond donors (Lipinski definition) is 0. The molecular formula is C18H14FN5OS. The van der Waals surface area contributed by atoms with E-state index in [1.807, 2.05) is 24.3 Å². The molecular weight excluding hydrogens is 353 g/mol. The Kier molecular flexibility index (Phi) is 4.49. The van der Waals surface area contributed by atoms with Crippen LogP contribution in [0.15, 0.2) is 59.9 Å². The highest BCUT2D eigenvalue weighted by atomic mass is 32.2. The Bertz CT molecular complexity index is 1050. The number of hydrogen-bond acceptors (Lipinski definition) is 6. The lowest BCUT2D eigenvalue weighted by molar-refractivity contribution is 0.414. The van der Waals surface area contributed by atoms with E-state index in [1.54, 1.807) is 36.2 Å². The van der Waals surface area contributed by atoms with Crippen LogP contribution in [0.25, 0.3) is 16.6 Å². The van der Waals surface area contributed by atoms with Gasteiger partial charge in [0.1, 0.15) is 11.6 Å². The highest BCUT2D eigenvalue weighted by Gasteiger charge is 2.12. The van der Waals surface area contributed by atoms with E-state index in [0.29, 0.717) is 21.8 Å². The Balaban J connectivity index is 1.60. The van der Waals surface area contributed by atoms with E-state index in [9.17, 15) is 4.39 Å². The molecule has 0 saturated heterocycles. The van der Waals surface area contributed by atoms with Gasteiger partial charge < -0.3 is 4.74 Å². The minimum atomic E-state index is -0.273. The van der Waals surface area contributed by atoms with Crippen molar-refractivity contribution < 1.29 is 9.13 Å². The standard InChI is InChI=1S/C18H14FN5OS/c1-25-14-7-5-13(6-8-14)24-18(21-22-23-24)26-11-12-4-9-16(19)15-3-2-10-20-17(12)15/h2-10H,11H2,1H3. The molecule has 0 radical (unpaired) electrons. The summed E-state index contributed by atoms with van der Waals surface area (Å²) in [6, 6.07) is 14.1. The van der Waals surface area contributed by atoms with Crippen molar-refractivity contribution in [1.29, 1.82) is 0 Å². The molecule has 4 rings (SSSR count). The number of fused-ring (bicyclic) bond motifs is 1. The number of aromatic nitrogens is 5. The summed E-state index contributed by atoms with van der Waals surface area (Å²) in [7, 11) is 1.62. The summed E-state index contributed by atoms with van der Waals surface area (Å²) in [5.74, 6) is 1.06. The molecule has 0 aliphatic heterocycles. The molecule has 6 nitrogen and oxygen atoms in total. The van der Waals surface area contributed by atoms with Gasteiger partial charge in [-0.05, 0) is 58.5 Å². The van der Waals surface area contributed by atoms with Crippen molar-refractivity contribution in [3.63, 3.8) is 0 Å². The smallest absolute Gasteiger partial charge is 0.214 e. The fraction of sp³-hybridized carbons (Fsp3) is 0.111. The predicted octanol–water partition coefficient (Wildman–Crippen LogP) is 3.65. The van der Waals surface area contributed by atoms with Crippen LogP contribution in [0, 0.1) is 5.82 Å². The van der Waals surface area contributed by atoms with Crippen molar-refractivity contribution in [3.8, 4) is 11.4 Å². The van der Waals surface area contributed by atoms with Crippen LogP contribution in [0.3, 0.4) is 0 Å². The van der Waals surface area contributed by atoms with Gasteiger partial charge in [0.25, 0.3) is 0 Å². The molecule has 0 bridgehead atoms. The van der Waals surface area contributed by atoms with Gasteiger partial charge in [0.2, 0.25) is 5.16 Å². The summed E-state index contributed by atoms with van der Waals surface area (Å²) < 4.78 is 20.8. The number of tetrazole rings is 1. The van der Waals surface area contributed by atoms with E-state index in [4.69, 9.17) is 4.74 Å². The van der Waals surface area contributed by atoms with Gasteiger partial charge >= 0.3 is 0 Å². The number of pyridine rings is 1. The molecule has 4 aromatic rings. The summed E-state index contributed by atoms with van der Waals surface area (Å²) in [5.41, 5.74) is 2.42. The average molecular weight is 367 g/mol. The third-order valence-electron chi connectivity index (χ3n) is 3.91. The van der Waals surface area contributed by atoms with Crippen LogP contribution >= 0.6 is 11.8 Å². The molecule has 0 atom stereocenters. The Morgan fingerprint density at radius 1 is 1.12 bits per heavy atom. The molecule has 26 heavy (non-hydrogen) atoms. The van der Waals surface area contributed by atoms with Gasteiger partial charge in [-0.25, -0.2) is 4.39 Å². The molecule has 0 aliphatic rings. The molecule has 130 valence electrons. The fourth-order valence-corrected chi connectivity index (χ4v) is 3.49. The Morgan fingerprint density at radius 3 is 2.77 bits per heavy atom. The van der Waals surface area contributed by atoms with Crippen LogP contribution < -0.4 is 4.74 Å². The Hall–Kier alpha value is -3.00. The SMILES string of the molecule is COc1ccc(-n2nnnc2SCc2ccc(F)c3cccnc23)cc1. The van der Waals surface area contributed by atoms with E-state index < -0.39 is 0 Å². The quantitative estimate of drug-likeness (QED) is 0.502. The average Bonchev–Trinajstić information content (AvgIpc) is 3.16. The first-order valence-corrected chi connectivity index (χ1v) is 8.82. The molecule has 2 aromatic heterocycles. The number of methoxy groups -OCH3 is 1. The van der Waals surface area contributed by atoms with Gasteiger partial charge in [-0.3, -0.25) is 4.98 Å². The number of benzene rings is 2. The lowest BCUT2D eigenvalue weighted by Gasteiger charge is -2.07. The summed E-state index contributed by atoms with van der Waals surface area (Å²) in [4.78, 5) is 4.32. The summed E-state index contributed by atoms with van der Waals surface area (Å²) in [6.45, 7) is 0. The minimum absolute atomic E-state index is 0.273. The second kappa shape index (κ2) is 7.09. The monoisotopic (exact) mass is 367 g/mol. The second-order valence-corrected chi connectivity index (χ2v) is 6.41. The predicted molar refractivity (Wildman–Crippen MR) is 97.0 cm³/mol. The van der Waals surface area contributed by atoms with Crippen LogP contribution in [0.5, 0.6) is 5.75 Å². The van der Waals surface area contributed by atoms with Crippen LogP contribution in [0.2, 0.25) is 0 Å². The van der Waals surface area contributed by atoms with Crippen molar-refractivity contribution in [2.24, 2.45) is 0 Å². The molecule has 0 aliphatic carbocycles. The number of thioether (sulfide) groups is 1. The van der Waals surface area contributed by atoms with Crippen LogP contribution in [0.4, 0.5) is 4.39 Å². The van der Waals surface area contributed by atoms with Crippen LogP contribution in [-0.4, -0.2) is 32.3 Å². The summed E-state index contributed by atoms with van der Waals surface area (Å²) >= 11 is 1.47. The van der Waals surface area contributed by atoms with E-state index in [-0.39, 0.29) is 5.82 Å². The number of halogens is 1. The molecule has 0 fully saturated rings. The molecule has 8 heteroatoms. The molecule has 0 unspecified atom stereocenters. The van der Waals surface area contributed by atoms with Gasteiger partial charge in [0, 0.05) is 17.3 Å². The first-order valence-electron chi connectivity index (χ1n) is 7.84. The maximum atomic E-state index is 13.9. The van der Waals surface area contributed by atoms with Crippen molar-refractivity contribution in [2.45, 2.75) is 10.9 Å². The molecule has 0 saturated carbocycles. The zero-order valence-corrected chi connectivity index (χ0v) is 14.7. The Morgan fingerprint density at radius 2 is 1.96 bits per heavy atom. The lowest BCUT2D eigenvalue weighted by Crippen LogP contribution is -1.99. The van der Waals surface area contributed by atoms with Crippen molar-refractivity contribution in [1.82, 2.24) is 25.2 Å². The normalized spacial score (nSPS) is 11.0. The van der Waals surface area contributed by atoms with E-state index in [2.05, 4.69) is 20.5 Å². The first-order chi connectivity index (χ1) is 12.8. The zero-order valence-electron chi connectivity index (χ0n) is 13.8. The van der Waals surface area contributed by atoms with Gasteiger partial charge in [0.05, 0.1) is 18.3 Å². The first kappa shape index (κ1) is 16.5. The van der Waals surface area contributed by atoms with Gasteiger partial charge in [-0.1, -0.05) is 17.8 Å². The molecule has 0 N–H and O–H groups in total. The third-order valence-corrected chi connectivity index (χ3v) is 4.88. The van der Waals surface area contributed by atoms with Gasteiger partial charge in [-0.2, -0.15) is 4.68 Å². The molecule has 0 spiro atoms. The number of nitrogens with zero attached hydrogens (tertiary/aromatic N) is 5. The van der Waals surface area contributed by atoms with E-state index >= 15 is 0 Å². The van der Waals surface area contributed by atoms with E-state index in [0.717, 1.165) is 17.0 Å². The largest absolute Gasteiger partial charge is 0.497 e. The van der Waals surface area contributed by atoms with Crippen LogP contribution in [-0.2, 0) is 5.75 Å². The van der Waals surface area contributed by atoms with E-state index in [1.165, 1.54) is 17.8 Å². The lowest BCUT2D eigenvalue weighted by atomic mass is 10.1. The third kappa shape index (κ3) is 3.11. The minimum Gasteiger partial charge on any atom is -0.497 e. The highest BCUT2D eigenvalue weighted by Crippen LogP contribution is 2.27. The summed E-state index contributed by atoms with van der Waals surface area (Å²) in [5, 5.41) is 13.1. The molecule has 0 amide bonds. The van der Waals surface area contributed by atoms with Crippen molar-refractivity contribution in [2.75, 3.05) is 7.11 Å². The van der Waals surface area contributed by atoms with Gasteiger partial charge in [-0.15, -0.1) is 5.10 Å². The summed E-state index contributed by atoms with van der Waals surface area (Å²) in [6.07, 6.45) is 1.66. The maximum absolute atomic E-state index is 13.9. The van der Waals surface area contributed by atoms with Crippen molar-refractivity contribution in [3.05, 3.63) is 66.1 Å². The molecule has 2 heterocycles. The Labute approximate surface area is 153 Å². The fourth-order valence-electron chi connectivity index (χ4n) is 2.61. The van der Waals surface area contributed by atoms with Crippen LogP contribution in [0.1, 0.15) is 5.56 Å². The number of rotatable bonds is 5. The second-order valence-electron chi connectivity index (χ2n) is 5.47.